The maximum atomic E-state index is 5.34. The fourth-order valence-corrected chi connectivity index (χ4v) is 2.15. The SMILES string of the molecule is COC1CCC(NCc2nc(C)no2)CC1. The number of nitrogens with one attached hydrogen (secondary N) is 1. The van der Waals surface area contributed by atoms with Gasteiger partial charge < -0.3 is 14.6 Å². The van der Waals surface area contributed by atoms with Crippen molar-refractivity contribution in [3.8, 4) is 0 Å². The minimum atomic E-state index is 0.448. The molecule has 0 aliphatic heterocycles. The summed E-state index contributed by atoms with van der Waals surface area (Å²) in [7, 11) is 1.79. The molecule has 1 fully saturated rings. The third kappa shape index (κ3) is 3.02. The Hall–Kier alpha value is -0.940. The van der Waals surface area contributed by atoms with Crippen molar-refractivity contribution in [3.63, 3.8) is 0 Å². The Morgan fingerprint density at radius 1 is 1.38 bits per heavy atom. The Labute approximate surface area is 95.6 Å². The van der Waals surface area contributed by atoms with Crippen molar-refractivity contribution in [2.24, 2.45) is 0 Å². The van der Waals surface area contributed by atoms with E-state index in [2.05, 4.69) is 15.5 Å². The molecule has 0 spiro atoms. The Bertz CT molecular complexity index is 319. The van der Waals surface area contributed by atoms with Crippen LogP contribution < -0.4 is 5.32 Å². The predicted octanol–water partition coefficient (Wildman–Crippen LogP) is 1.43. The van der Waals surface area contributed by atoms with Crippen LogP contribution in [0.2, 0.25) is 0 Å². The summed E-state index contributed by atoms with van der Waals surface area (Å²) in [4.78, 5) is 4.16. The first-order chi connectivity index (χ1) is 7.78. The molecule has 0 bridgehead atoms. The number of rotatable bonds is 4. The van der Waals surface area contributed by atoms with Gasteiger partial charge in [0.15, 0.2) is 5.82 Å². The highest BCUT2D eigenvalue weighted by Gasteiger charge is 2.20. The van der Waals surface area contributed by atoms with Gasteiger partial charge >= 0.3 is 0 Å². The molecule has 5 heteroatoms. The number of hydrogen-bond acceptors (Lipinski definition) is 5. The van der Waals surface area contributed by atoms with Crippen molar-refractivity contribution in [1.29, 1.82) is 0 Å². The summed E-state index contributed by atoms with van der Waals surface area (Å²) in [5, 5.41) is 7.20. The summed E-state index contributed by atoms with van der Waals surface area (Å²) in [6.45, 7) is 2.50. The van der Waals surface area contributed by atoms with Crippen LogP contribution in [0.25, 0.3) is 0 Å². The van der Waals surface area contributed by atoms with E-state index < -0.39 is 0 Å². The van der Waals surface area contributed by atoms with Crippen molar-refractivity contribution in [2.45, 2.75) is 51.3 Å². The van der Waals surface area contributed by atoms with Crippen LogP contribution in [0.5, 0.6) is 0 Å². The number of aromatic nitrogens is 2. The average molecular weight is 225 g/mol. The van der Waals surface area contributed by atoms with E-state index in [0.717, 1.165) is 25.7 Å². The summed E-state index contributed by atoms with van der Waals surface area (Å²) < 4.78 is 10.4. The van der Waals surface area contributed by atoms with E-state index in [4.69, 9.17) is 9.26 Å². The van der Waals surface area contributed by atoms with Gasteiger partial charge in [0.05, 0.1) is 12.6 Å². The van der Waals surface area contributed by atoms with Gasteiger partial charge in [0.2, 0.25) is 5.89 Å². The van der Waals surface area contributed by atoms with Gasteiger partial charge in [0, 0.05) is 13.2 Å². The predicted molar refractivity (Wildman–Crippen MR) is 58.9 cm³/mol. The molecule has 1 aromatic heterocycles. The Balaban J connectivity index is 1.71. The minimum Gasteiger partial charge on any atom is -0.381 e. The molecule has 1 N–H and O–H groups in total. The van der Waals surface area contributed by atoms with E-state index in [1.165, 1.54) is 0 Å². The van der Waals surface area contributed by atoms with E-state index >= 15 is 0 Å². The molecule has 0 aromatic carbocycles. The first kappa shape index (κ1) is 11.5. The van der Waals surface area contributed by atoms with E-state index in [-0.39, 0.29) is 0 Å². The lowest BCUT2D eigenvalue weighted by Crippen LogP contribution is -2.34. The van der Waals surface area contributed by atoms with Gasteiger partial charge in [0.25, 0.3) is 0 Å². The van der Waals surface area contributed by atoms with Crippen molar-refractivity contribution < 1.29 is 9.26 Å². The molecule has 1 heterocycles. The molecule has 2 rings (SSSR count). The van der Waals surface area contributed by atoms with Gasteiger partial charge in [-0.05, 0) is 32.6 Å². The molecular weight excluding hydrogens is 206 g/mol. The van der Waals surface area contributed by atoms with Crippen LogP contribution in [0.15, 0.2) is 4.52 Å². The molecule has 1 aromatic rings. The lowest BCUT2D eigenvalue weighted by atomic mass is 9.93. The topological polar surface area (TPSA) is 60.2 Å². The third-order valence-electron chi connectivity index (χ3n) is 3.12. The second kappa shape index (κ2) is 5.41. The maximum absolute atomic E-state index is 5.34. The Morgan fingerprint density at radius 2 is 2.12 bits per heavy atom. The molecule has 16 heavy (non-hydrogen) atoms. The van der Waals surface area contributed by atoms with Crippen molar-refractivity contribution in [2.75, 3.05) is 7.11 Å². The number of nitrogens with zero attached hydrogens (tertiary/aromatic N) is 2. The second-order valence-corrected chi connectivity index (χ2v) is 4.33. The van der Waals surface area contributed by atoms with E-state index in [9.17, 15) is 0 Å². The molecule has 0 unspecified atom stereocenters. The normalized spacial score (nSPS) is 25.9. The fraction of sp³-hybridized carbons (Fsp3) is 0.818. The number of hydrogen-bond donors (Lipinski definition) is 1. The lowest BCUT2D eigenvalue weighted by Gasteiger charge is -2.27. The largest absolute Gasteiger partial charge is 0.381 e. The van der Waals surface area contributed by atoms with Crippen LogP contribution in [0, 0.1) is 6.92 Å². The van der Waals surface area contributed by atoms with E-state index in [0.29, 0.717) is 30.4 Å². The highest BCUT2D eigenvalue weighted by Crippen LogP contribution is 2.20. The second-order valence-electron chi connectivity index (χ2n) is 4.33. The van der Waals surface area contributed by atoms with Crippen LogP contribution in [-0.4, -0.2) is 29.4 Å². The molecule has 5 nitrogen and oxygen atoms in total. The zero-order chi connectivity index (χ0) is 11.4. The molecule has 0 radical (unpaired) electrons. The zero-order valence-corrected chi connectivity index (χ0v) is 9.90. The van der Waals surface area contributed by atoms with Crippen LogP contribution >= 0.6 is 0 Å². The van der Waals surface area contributed by atoms with Crippen molar-refractivity contribution in [1.82, 2.24) is 15.5 Å². The third-order valence-corrected chi connectivity index (χ3v) is 3.12. The van der Waals surface area contributed by atoms with E-state index in [1.807, 2.05) is 6.92 Å². The smallest absolute Gasteiger partial charge is 0.240 e. The Kier molecular flexibility index (Phi) is 3.90. The zero-order valence-electron chi connectivity index (χ0n) is 9.90. The highest BCUT2D eigenvalue weighted by molar-refractivity contribution is 4.84. The number of aryl methyl sites for hydroxylation is 1. The highest BCUT2D eigenvalue weighted by atomic mass is 16.5. The van der Waals surface area contributed by atoms with Crippen molar-refractivity contribution in [3.05, 3.63) is 11.7 Å². The van der Waals surface area contributed by atoms with E-state index in [1.54, 1.807) is 7.11 Å². The molecule has 0 saturated heterocycles. The summed E-state index contributed by atoms with van der Waals surface area (Å²) in [5.41, 5.74) is 0. The summed E-state index contributed by atoms with van der Waals surface area (Å²) >= 11 is 0. The quantitative estimate of drug-likeness (QED) is 0.839. The summed E-state index contributed by atoms with van der Waals surface area (Å²) in [6.07, 6.45) is 5.04. The van der Waals surface area contributed by atoms with Crippen LogP contribution in [-0.2, 0) is 11.3 Å². The standard InChI is InChI=1S/C11H19N3O2/c1-8-13-11(16-14-8)7-12-9-3-5-10(15-2)6-4-9/h9-10,12H,3-7H2,1-2H3. The summed E-state index contributed by atoms with van der Waals surface area (Å²) in [6, 6.07) is 0.554. The van der Waals surface area contributed by atoms with Gasteiger partial charge in [-0.1, -0.05) is 5.16 Å². The maximum Gasteiger partial charge on any atom is 0.240 e. The van der Waals surface area contributed by atoms with Crippen LogP contribution in [0.4, 0.5) is 0 Å². The molecule has 1 aliphatic carbocycles. The number of ether oxygens (including phenoxy) is 1. The molecule has 0 atom stereocenters. The molecule has 90 valence electrons. The van der Waals surface area contributed by atoms with Crippen LogP contribution in [0.3, 0.4) is 0 Å². The van der Waals surface area contributed by atoms with Gasteiger partial charge in [-0.3, -0.25) is 0 Å². The molecule has 0 amide bonds. The first-order valence-electron chi connectivity index (χ1n) is 5.83. The molecular formula is C11H19N3O2. The minimum absolute atomic E-state index is 0.448. The van der Waals surface area contributed by atoms with Crippen LogP contribution in [0.1, 0.15) is 37.4 Å². The first-order valence-corrected chi connectivity index (χ1v) is 5.83. The monoisotopic (exact) mass is 225 g/mol. The fourth-order valence-electron chi connectivity index (χ4n) is 2.15. The lowest BCUT2D eigenvalue weighted by molar-refractivity contribution is 0.0620. The molecule has 1 saturated carbocycles. The number of methoxy groups -OCH3 is 1. The summed E-state index contributed by atoms with van der Waals surface area (Å²) in [5.74, 6) is 1.37. The van der Waals surface area contributed by atoms with Gasteiger partial charge in [0.1, 0.15) is 0 Å². The average Bonchev–Trinajstić information content (AvgIpc) is 2.73. The van der Waals surface area contributed by atoms with Gasteiger partial charge in [-0.25, -0.2) is 0 Å². The van der Waals surface area contributed by atoms with Gasteiger partial charge in [-0.15, -0.1) is 0 Å². The Morgan fingerprint density at radius 3 is 2.69 bits per heavy atom. The molecule has 1 aliphatic rings. The van der Waals surface area contributed by atoms with Crippen molar-refractivity contribution >= 4 is 0 Å². The van der Waals surface area contributed by atoms with Gasteiger partial charge in [-0.2, -0.15) is 4.98 Å².